The Morgan fingerprint density at radius 2 is 2.17 bits per heavy atom. The lowest BCUT2D eigenvalue weighted by Gasteiger charge is -2.04. The van der Waals surface area contributed by atoms with Gasteiger partial charge < -0.3 is 5.32 Å². The van der Waals surface area contributed by atoms with Gasteiger partial charge in [-0.2, -0.15) is 4.39 Å². The Hall–Kier alpha value is -2.49. The van der Waals surface area contributed by atoms with E-state index >= 15 is 0 Å². The largest absolute Gasteiger partial charge is 0.341 e. The molecule has 0 saturated carbocycles. The zero-order valence-electron chi connectivity index (χ0n) is 9.29. The molecule has 0 saturated heterocycles. The second kappa shape index (κ2) is 5.72. The molecule has 1 aromatic carbocycles. The Labute approximate surface area is 101 Å². The molecule has 0 aliphatic carbocycles. The van der Waals surface area contributed by atoms with Crippen molar-refractivity contribution in [2.75, 3.05) is 6.54 Å². The average Bonchev–Trinajstić information content (AvgIpc) is 2.28. The number of nitrogens with one attached hydrogen (secondary N) is 1. The van der Waals surface area contributed by atoms with Crippen molar-refractivity contribution < 1.29 is 18.5 Å². The maximum absolute atomic E-state index is 13.6. The number of hydrogen-bond acceptors (Lipinski definition) is 3. The molecule has 1 rings (SSSR count). The summed E-state index contributed by atoms with van der Waals surface area (Å²) in [4.78, 5) is 20.9. The highest BCUT2D eigenvalue weighted by molar-refractivity contribution is 5.95. The third-order valence-electron chi connectivity index (χ3n) is 2.01. The minimum Gasteiger partial charge on any atom is -0.341 e. The second-order valence-electron chi connectivity index (χ2n) is 3.12. The van der Waals surface area contributed by atoms with Crippen molar-refractivity contribution in [3.63, 3.8) is 0 Å². The van der Waals surface area contributed by atoms with Crippen LogP contribution in [0.2, 0.25) is 0 Å². The summed E-state index contributed by atoms with van der Waals surface area (Å²) in [6.45, 7) is 1.43. The van der Waals surface area contributed by atoms with E-state index in [9.17, 15) is 23.7 Å². The highest BCUT2D eigenvalue weighted by atomic mass is 19.1. The van der Waals surface area contributed by atoms with E-state index in [1.165, 1.54) is 6.92 Å². The van der Waals surface area contributed by atoms with Crippen LogP contribution in [0.25, 0.3) is 0 Å². The van der Waals surface area contributed by atoms with Gasteiger partial charge in [-0.3, -0.25) is 14.9 Å². The Balaban J connectivity index is 3.13. The summed E-state index contributed by atoms with van der Waals surface area (Å²) in [7, 11) is 0. The highest BCUT2D eigenvalue weighted by Gasteiger charge is 2.25. The van der Waals surface area contributed by atoms with Crippen molar-refractivity contribution >= 4 is 11.6 Å². The maximum atomic E-state index is 13.6. The zero-order chi connectivity index (χ0) is 13.7. The molecule has 0 aliphatic heterocycles. The minimum atomic E-state index is -1.50. The van der Waals surface area contributed by atoms with Gasteiger partial charge in [0.05, 0.1) is 11.5 Å². The van der Waals surface area contributed by atoms with Crippen LogP contribution in [0.4, 0.5) is 14.5 Å². The van der Waals surface area contributed by atoms with Crippen molar-refractivity contribution in [1.29, 1.82) is 0 Å². The first-order valence-corrected chi connectivity index (χ1v) is 4.79. The molecule has 0 fully saturated rings. The van der Waals surface area contributed by atoms with E-state index in [1.807, 2.05) is 0 Å². The number of carbonyl (C=O) groups excluding carboxylic acids is 1. The van der Waals surface area contributed by atoms with Gasteiger partial charge in [-0.15, -0.1) is 5.92 Å². The topological polar surface area (TPSA) is 72.2 Å². The third kappa shape index (κ3) is 2.79. The molecule has 1 amide bonds. The quantitative estimate of drug-likeness (QED) is 0.506. The van der Waals surface area contributed by atoms with Gasteiger partial charge in [0.1, 0.15) is 11.4 Å². The van der Waals surface area contributed by atoms with E-state index < -0.39 is 33.7 Å². The predicted molar refractivity (Wildman–Crippen MR) is 58.8 cm³/mol. The van der Waals surface area contributed by atoms with Gasteiger partial charge in [0.15, 0.2) is 0 Å². The normalized spacial score (nSPS) is 9.28. The lowest BCUT2D eigenvalue weighted by atomic mass is 10.1. The lowest BCUT2D eigenvalue weighted by molar-refractivity contribution is -0.387. The number of hydrogen-bond donors (Lipinski definition) is 1. The van der Waals surface area contributed by atoms with Gasteiger partial charge >= 0.3 is 5.69 Å². The molecule has 18 heavy (non-hydrogen) atoms. The molecule has 1 aromatic rings. The number of nitrogens with zero attached hydrogens (tertiary/aromatic N) is 1. The Morgan fingerprint density at radius 1 is 1.50 bits per heavy atom. The Bertz CT molecular complexity index is 561. The van der Waals surface area contributed by atoms with Crippen LogP contribution in [0.5, 0.6) is 0 Å². The summed E-state index contributed by atoms with van der Waals surface area (Å²) < 4.78 is 26.9. The summed E-state index contributed by atoms with van der Waals surface area (Å²) in [6.07, 6.45) is 0. The molecule has 0 bridgehead atoms. The Kier molecular flexibility index (Phi) is 4.32. The number of benzene rings is 1. The fourth-order valence-corrected chi connectivity index (χ4v) is 1.19. The van der Waals surface area contributed by atoms with Crippen LogP contribution >= 0.6 is 0 Å². The summed E-state index contributed by atoms with van der Waals surface area (Å²) in [6, 6.07) is 1.33. The molecule has 1 N–H and O–H groups in total. The fraction of sp³-hybridized carbons (Fsp3) is 0.182. The van der Waals surface area contributed by atoms with Crippen LogP contribution in [-0.4, -0.2) is 17.4 Å². The van der Waals surface area contributed by atoms with E-state index in [0.717, 1.165) is 0 Å². The van der Waals surface area contributed by atoms with Crippen LogP contribution in [0, 0.1) is 33.6 Å². The minimum absolute atomic E-state index is 0.100. The molecule has 0 heterocycles. The van der Waals surface area contributed by atoms with E-state index in [0.29, 0.717) is 12.1 Å². The van der Waals surface area contributed by atoms with Crippen LogP contribution < -0.4 is 5.32 Å². The molecule has 94 valence electrons. The van der Waals surface area contributed by atoms with Crippen molar-refractivity contribution in [2.45, 2.75) is 6.92 Å². The SMILES string of the molecule is CC#CCNC(=O)c1c(F)ccc([N+](=O)[O-])c1F. The first kappa shape index (κ1) is 13.6. The molecule has 0 unspecified atom stereocenters. The molecule has 7 heteroatoms. The predicted octanol–water partition coefficient (Wildman–Crippen LogP) is 1.63. The first-order valence-electron chi connectivity index (χ1n) is 4.79. The molecule has 5 nitrogen and oxygen atoms in total. The molecule has 0 aliphatic rings. The monoisotopic (exact) mass is 254 g/mol. The van der Waals surface area contributed by atoms with Crippen LogP contribution in [-0.2, 0) is 0 Å². The summed E-state index contributed by atoms with van der Waals surface area (Å²) in [5.41, 5.74) is -1.94. The maximum Gasteiger partial charge on any atom is 0.305 e. The first-order chi connectivity index (χ1) is 8.49. The smallest absolute Gasteiger partial charge is 0.305 e. The summed E-state index contributed by atoms with van der Waals surface area (Å²) in [5.74, 6) is 1.19. The van der Waals surface area contributed by atoms with Gasteiger partial charge in [-0.05, 0) is 13.0 Å². The standard InChI is InChI=1S/C11H8F2N2O3/c1-2-3-6-14-11(16)9-7(12)4-5-8(10(9)13)15(17)18/h4-5H,6H2,1H3,(H,14,16). The molecule has 0 atom stereocenters. The molecule has 0 radical (unpaired) electrons. The lowest BCUT2D eigenvalue weighted by Crippen LogP contribution is -2.26. The van der Waals surface area contributed by atoms with E-state index in [1.54, 1.807) is 0 Å². The summed E-state index contributed by atoms with van der Waals surface area (Å²) in [5, 5.41) is 12.6. The van der Waals surface area contributed by atoms with Crippen molar-refractivity contribution in [1.82, 2.24) is 5.32 Å². The van der Waals surface area contributed by atoms with Crippen molar-refractivity contribution in [3.05, 3.63) is 39.4 Å². The zero-order valence-corrected chi connectivity index (χ0v) is 9.29. The third-order valence-corrected chi connectivity index (χ3v) is 2.01. The summed E-state index contributed by atoms with van der Waals surface area (Å²) >= 11 is 0. The average molecular weight is 254 g/mol. The molecule has 0 aromatic heterocycles. The number of rotatable bonds is 3. The van der Waals surface area contributed by atoms with Gasteiger partial charge in [0, 0.05) is 6.07 Å². The molecular weight excluding hydrogens is 246 g/mol. The van der Waals surface area contributed by atoms with E-state index in [-0.39, 0.29) is 6.54 Å². The fourth-order valence-electron chi connectivity index (χ4n) is 1.19. The number of carbonyl (C=O) groups is 1. The van der Waals surface area contributed by atoms with Gasteiger partial charge in [-0.25, -0.2) is 4.39 Å². The van der Waals surface area contributed by atoms with Crippen LogP contribution in [0.1, 0.15) is 17.3 Å². The molecular formula is C11H8F2N2O3. The molecule has 0 spiro atoms. The van der Waals surface area contributed by atoms with Crippen molar-refractivity contribution in [2.24, 2.45) is 0 Å². The van der Waals surface area contributed by atoms with Gasteiger partial charge in [0.2, 0.25) is 5.82 Å². The van der Waals surface area contributed by atoms with Crippen LogP contribution in [0.15, 0.2) is 12.1 Å². The van der Waals surface area contributed by atoms with Gasteiger partial charge in [0.25, 0.3) is 5.91 Å². The number of halogens is 2. The van der Waals surface area contributed by atoms with Crippen molar-refractivity contribution in [3.8, 4) is 11.8 Å². The highest BCUT2D eigenvalue weighted by Crippen LogP contribution is 2.22. The van der Waals surface area contributed by atoms with Gasteiger partial charge in [-0.1, -0.05) is 5.92 Å². The number of amides is 1. The number of nitro groups is 1. The number of nitro benzene ring substituents is 1. The second-order valence-corrected chi connectivity index (χ2v) is 3.12. The van der Waals surface area contributed by atoms with Crippen LogP contribution in [0.3, 0.4) is 0 Å². The van der Waals surface area contributed by atoms with E-state index in [4.69, 9.17) is 0 Å². The van der Waals surface area contributed by atoms with E-state index in [2.05, 4.69) is 17.2 Å². The Morgan fingerprint density at radius 3 is 2.72 bits per heavy atom.